The fourth-order valence-corrected chi connectivity index (χ4v) is 18.4. The molecule has 8 rings (SSSR count). The van der Waals surface area contributed by atoms with Gasteiger partial charge in [-0.05, 0) is 99.3 Å². The normalized spacial score (nSPS) is 15.6. The van der Waals surface area contributed by atoms with Crippen molar-refractivity contribution in [3.05, 3.63) is 42.8 Å². The van der Waals surface area contributed by atoms with Gasteiger partial charge in [-0.3, -0.25) is 19.4 Å². The largest absolute Gasteiger partial charge is 0.293 e. The van der Waals surface area contributed by atoms with Gasteiger partial charge in [0.15, 0.2) is 0 Å². The Morgan fingerprint density at radius 1 is 0.514 bits per heavy atom. The van der Waals surface area contributed by atoms with Gasteiger partial charge in [0, 0.05) is 64.3 Å². The Morgan fingerprint density at radius 2 is 0.889 bits per heavy atom. The van der Waals surface area contributed by atoms with Gasteiger partial charge in [-0.15, -0.1) is 46.2 Å². The number of thiocarbonyl (C=S) groups is 2. The molecule has 2 aliphatic rings. The maximum Gasteiger partial charge on any atom is 0.266 e. The molecule has 0 saturated carbocycles. The van der Waals surface area contributed by atoms with Crippen molar-refractivity contribution in [1.82, 2.24) is 27.3 Å². The SMILES string of the molecule is CCCCCCSc1c(-c2cc(CCCCCC)c(/C=C3/SC(=S)N(CC)C3=O)s2)c2nsnc2c2c(SCCCCCC)c(-c3cc(CCCCCC)c(/C=C4\SC(=S)N(CC)C4=O)s3)c3nsnc3c12. The van der Waals surface area contributed by atoms with Crippen LogP contribution < -0.4 is 0 Å². The van der Waals surface area contributed by atoms with E-state index in [9.17, 15) is 9.59 Å². The molecule has 0 radical (unpaired) electrons. The molecular weight excluding hydrogens is 1090 g/mol. The van der Waals surface area contributed by atoms with Gasteiger partial charge in [0.2, 0.25) is 0 Å². The molecule has 2 amide bonds. The number of aryl methyl sites for hydroxylation is 2. The van der Waals surface area contributed by atoms with Gasteiger partial charge in [-0.1, -0.05) is 153 Å². The van der Waals surface area contributed by atoms with Crippen molar-refractivity contribution in [2.24, 2.45) is 0 Å². The molecule has 0 aliphatic carbocycles. The van der Waals surface area contributed by atoms with Crippen LogP contribution in [0.3, 0.4) is 0 Å². The van der Waals surface area contributed by atoms with Gasteiger partial charge < -0.3 is 0 Å². The lowest BCUT2D eigenvalue weighted by molar-refractivity contribution is -0.122. The standard InChI is InChI=1S/C54H66N6O2S10/c1-7-13-17-21-25-33-29-37(67-35(33)31-39-51(61)59(11-5)53(63)69-39)41-45-47(57-71-55-45)44-43(49(41)65-27-23-19-15-9-3)48-46(56-72-58-48)42(50(44)66-28-24-20-16-10-4)38-30-34(26-22-18-14-8-2)36(68-38)32-40-52(62)60(12-6)54(64)70-40/h29-32H,7-28H2,1-6H3/b39-31-,40-32+. The number of rotatable bonds is 28. The first kappa shape index (κ1) is 56.0. The first-order valence-electron chi connectivity index (χ1n) is 26.1. The van der Waals surface area contributed by atoms with E-state index in [0.29, 0.717) is 31.5 Å². The van der Waals surface area contributed by atoms with E-state index in [-0.39, 0.29) is 11.8 Å². The molecular formula is C54H66N6O2S10. The Bertz CT molecular complexity index is 2780. The fraction of sp³-hybridized carbons (Fsp3) is 0.519. The number of hydrogen-bond acceptors (Lipinski definition) is 16. The van der Waals surface area contributed by atoms with Crippen LogP contribution in [0.1, 0.15) is 165 Å². The summed E-state index contributed by atoms with van der Waals surface area (Å²) in [6, 6.07) is 4.78. The summed E-state index contributed by atoms with van der Waals surface area (Å²) in [5.74, 6) is 1.91. The zero-order valence-electron chi connectivity index (χ0n) is 42.4. The smallest absolute Gasteiger partial charge is 0.266 e. The molecule has 18 heteroatoms. The lowest BCUT2D eigenvalue weighted by Gasteiger charge is -2.18. The zero-order chi connectivity index (χ0) is 50.7. The van der Waals surface area contributed by atoms with E-state index >= 15 is 0 Å². The van der Waals surface area contributed by atoms with E-state index in [0.717, 1.165) is 126 Å². The summed E-state index contributed by atoms with van der Waals surface area (Å²) in [7, 11) is 0. The molecule has 2 saturated heterocycles. The molecule has 2 fully saturated rings. The predicted octanol–water partition coefficient (Wildman–Crippen LogP) is 18.3. The maximum atomic E-state index is 13.7. The number of fused-ring (bicyclic) bond motifs is 5. The molecule has 8 nitrogen and oxygen atoms in total. The second-order valence-corrected chi connectivity index (χ2v) is 27.2. The van der Waals surface area contributed by atoms with E-state index in [1.807, 2.05) is 37.4 Å². The van der Waals surface area contributed by atoms with E-state index in [2.05, 4.69) is 52.0 Å². The number of carbonyl (C=O) groups excluding carboxylic acids is 2. The minimum absolute atomic E-state index is 0.00951. The fourth-order valence-electron chi connectivity index (χ4n) is 9.36. The van der Waals surface area contributed by atoms with E-state index in [4.69, 9.17) is 41.9 Å². The highest BCUT2D eigenvalue weighted by Gasteiger charge is 2.34. The Labute approximate surface area is 470 Å². The van der Waals surface area contributed by atoms with Crippen molar-refractivity contribution in [3.63, 3.8) is 0 Å². The Morgan fingerprint density at radius 3 is 1.25 bits per heavy atom. The first-order chi connectivity index (χ1) is 35.2. The van der Waals surface area contributed by atoms with Crippen LogP contribution in [0.2, 0.25) is 0 Å². The van der Waals surface area contributed by atoms with Crippen LogP contribution in [0.15, 0.2) is 31.7 Å². The topological polar surface area (TPSA) is 92.2 Å². The third-order valence-corrected chi connectivity index (χ3v) is 21.7. The summed E-state index contributed by atoms with van der Waals surface area (Å²) in [6.45, 7) is 14.1. The monoisotopic (exact) mass is 1150 g/mol. The quantitative estimate of drug-likeness (QED) is 0.0203. The molecule has 2 aromatic carbocycles. The summed E-state index contributed by atoms with van der Waals surface area (Å²) in [6.07, 6.45) is 24.7. The van der Waals surface area contributed by atoms with Crippen molar-refractivity contribution >= 4 is 183 Å². The van der Waals surface area contributed by atoms with E-state index < -0.39 is 0 Å². The van der Waals surface area contributed by atoms with Crippen molar-refractivity contribution in [3.8, 4) is 20.9 Å². The van der Waals surface area contributed by atoms with Crippen LogP contribution in [0, 0.1) is 0 Å². The molecule has 4 aromatic heterocycles. The second kappa shape index (κ2) is 27.2. The lowest BCUT2D eigenvalue weighted by atomic mass is 9.97. The van der Waals surface area contributed by atoms with Gasteiger partial charge in [0.05, 0.1) is 33.3 Å². The lowest BCUT2D eigenvalue weighted by Crippen LogP contribution is -2.27. The molecule has 6 aromatic rings. The highest BCUT2D eigenvalue weighted by atomic mass is 32.2. The number of amides is 2. The van der Waals surface area contributed by atoms with E-state index in [1.54, 1.807) is 32.5 Å². The Hall–Kier alpha value is -2.26. The minimum Gasteiger partial charge on any atom is -0.293 e. The number of hydrogen-bond donors (Lipinski definition) is 0. The second-order valence-electron chi connectivity index (χ2n) is 18.4. The molecule has 2 aliphatic heterocycles. The molecule has 0 spiro atoms. The third kappa shape index (κ3) is 12.4. The number of unbranched alkanes of at least 4 members (excludes halogenated alkanes) is 12. The van der Waals surface area contributed by atoms with Crippen LogP contribution in [0.4, 0.5) is 0 Å². The number of aromatic nitrogens is 4. The van der Waals surface area contributed by atoms with Crippen molar-refractivity contribution < 1.29 is 9.59 Å². The maximum absolute atomic E-state index is 13.7. The van der Waals surface area contributed by atoms with Gasteiger partial charge in [-0.25, -0.2) is 0 Å². The van der Waals surface area contributed by atoms with Gasteiger partial charge >= 0.3 is 0 Å². The van der Waals surface area contributed by atoms with Crippen LogP contribution in [0.25, 0.3) is 65.9 Å². The average molecular weight is 1150 g/mol. The summed E-state index contributed by atoms with van der Waals surface area (Å²) in [5.41, 5.74) is 8.43. The summed E-state index contributed by atoms with van der Waals surface area (Å²) in [4.78, 5) is 39.0. The summed E-state index contributed by atoms with van der Waals surface area (Å²) < 4.78 is 22.3. The highest BCUT2D eigenvalue weighted by molar-refractivity contribution is 8.27. The number of benzene rings is 2. The molecule has 0 unspecified atom stereocenters. The first-order valence-corrected chi connectivity index (χ1v) is 33.6. The molecule has 0 atom stereocenters. The number of nitrogens with zero attached hydrogens (tertiary/aromatic N) is 6. The van der Waals surface area contributed by atoms with Gasteiger partial charge in [0.1, 0.15) is 30.7 Å². The predicted molar refractivity (Wildman–Crippen MR) is 329 cm³/mol. The molecule has 72 heavy (non-hydrogen) atoms. The average Bonchev–Trinajstić information content (AvgIpc) is 4.25. The Kier molecular flexibility index (Phi) is 21.1. The molecule has 6 heterocycles. The number of thioether (sulfide) groups is 4. The van der Waals surface area contributed by atoms with E-state index in [1.165, 1.54) is 132 Å². The van der Waals surface area contributed by atoms with Crippen molar-refractivity contribution in [2.45, 2.75) is 167 Å². The molecule has 0 N–H and O–H groups in total. The van der Waals surface area contributed by atoms with Crippen molar-refractivity contribution in [2.75, 3.05) is 24.6 Å². The molecule has 384 valence electrons. The van der Waals surface area contributed by atoms with Gasteiger partial charge in [0.25, 0.3) is 11.8 Å². The highest BCUT2D eigenvalue weighted by Crippen LogP contribution is 2.55. The van der Waals surface area contributed by atoms with Crippen LogP contribution in [0.5, 0.6) is 0 Å². The summed E-state index contributed by atoms with van der Waals surface area (Å²) >= 11 is 24.2. The molecule has 0 bridgehead atoms. The number of likely N-dealkylation sites (N-methyl/N-ethyl adjacent to an activating group) is 2. The number of carbonyl (C=O) groups is 2. The van der Waals surface area contributed by atoms with Gasteiger partial charge in [-0.2, -0.15) is 17.5 Å². The van der Waals surface area contributed by atoms with Crippen molar-refractivity contribution in [1.29, 1.82) is 0 Å². The number of thiophene rings is 2. The van der Waals surface area contributed by atoms with Crippen LogP contribution >= 0.6 is 118 Å². The summed E-state index contributed by atoms with van der Waals surface area (Å²) in [5, 5.41) is 2.25. The van der Waals surface area contributed by atoms with Crippen LogP contribution in [-0.2, 0) is 22.4 Å². The zero-order valence-corrected chi connectivity index (χ0v) is 50.6. The third-order valence-electron chi connectivity index (χ3n) is 13.3. The minimum atomic E-state index is -0.00951. The Balaban J connectivity index is 1.38. The van der Waals surface area contributed by atoms with Crippen LogP contribution in [-0.4, -0.2) is 72.3 Å².